The maximum Gasteiger partial charge on any atom is 0.251 e. The predicted octanol–water partition coefficient (Wildman–Crippen LogP) is 3.99. The lowest BCUT2D eigenvalue weighted by Gasteiger charge is -2.01. The van der Waals surface area contributed by atoms with Crippen molar-refractivity contribution in [2.75, 3.05) is 11.1 Å². The minimum atomic E-state index is -0.0701. The van der Waals surface area contributed by atoms with Crippen LogP contribution in [0.3, 0.4) is 0 Å². The van der Waals surface area contributed by atoms with E-state index < -0.39 is 0 Å². The lowest BCUT2D eigenvalue weighted by atomic mass is 10.1. The van der Waals surface area contributed by atoms with Crippen LogP contribution in [-0.2, 0) is 0 Å². The van der Waals surface area contributed by atoms with Gasteiger partial charge in [0, 0.05) is 23.3 Å². The van der Waals surface area contributed by atoms with Crippen molar-refractivity contribution in [2.24, 2.45) is 0 Å². The van der Waals surface area contributed by atoms with Crippen LogP contribution in [-0.4, -0.2) is 21.1 Å². The van der Waals surface area contributed by atoms with Crippen molar-refractivity contribution in [2.45, 2.75) is 50.1 Å². The summed E-state index contributed by atoms with van der Waals surface area (Å²) >= 11 is 5.08. The van der Waals surface area contributed by atoms with E-state index in [2.05, 4.69) is 25.9 Å². The van der Waals surface area contributed by atoms with Crippen LogP contribution in [0.15, 0.2) is 22.2 Å². The Morgan fingerprint density at radius 3 is 2.44 bits per heavy atom. The van der Waals surface area contributed by atoms with Gasteiger partial charge in [-0.3, -0.25) is 4.79 Å². The molecule has 1 heterocycles. The van der Waals surface area contributed by atoms with Crippen molar-refractivity contribution in [3.05, 3.63) is 22.6 Å². The van der Waals surface area contributed by atoms with Crippen LogP contribution in [0.25, 0.3) is 0 Å². The summed E-state index contributed by atoms with van der Waals surface area (Å²) in [6.45, 7) is 0. The lowest BCUT2D eigenvalue weighted by molar-refractivity contribution is 0.606. The number of rotatable bonds is 10. The molecule has 1 rings (SSSR count). The first-order chi connectivity index (χ1) is 8.83. The molecule has 0 saturated heterocycles. The van der Waals surface area contributed by atoms with E-state index in [0.29, 0.717) is 0 Å². The van der Waals surface area contributed by atoms with Gasteiger partial charge in [-0.2, -0.15) is 0 Å². The Morgan fingerprint density at radius 1 is 1.11 bits per heavy atom. The molecule has 0 atom stereocenters. The van der Waals surface area contributed by atoms with Crippen molar-refractivity contribution >= 4 is 27.7 Å². The molecule has 1 aromatic heterocycles. The van der Waals surface area contributed by atoms with Gasteiger partial charge >= 0.3 is 0 Å². The molecular formula is C13H21BrN2OS. The number of nitrogens with zero attached hydrogens (tertiary/aromatic N) is 1. The number of hydrogen-bond acceptors (Lipinski definition) is 3. The van der Waals surface area contributed by atoms with Gasteiger partial charge in [0.1, 0.15) is 0 Å². The number of hydrogen-bond donors (Lipinski definition) is 1. The number of alkyl halides is 1. The van der Waals surface area contributed by atoms with Crippen molar-refractivity contribution in [1.82, 2.24) is 9.97 Å². The largest absolute Gasteiger partial charge is 0.301 e. The van der Waals surface area contributed by atoms with Gasteiger partial charge in [-0.25, -0.2) is 4.98 Å². The summed E-state index contributed by atoms with van der Waals surface area (Å²) < 4.78 is 0. The Kier molecular flexibility index (Phi) is 9.30. The molecule has 0 fully saturated rings. The molecule has 0 unspecified atom stereocenters. The average Bonchev–Trinajstić information content (AvgIpc) is 2.37. The van der Waals surface area contributed by atoms with Crippen LogP contribution in [0, 0.1) is 0 Å². The summed E-state index contributed by atoms with van der Waals surface area (Å²) in [6.07, 6.45) is 10.7. The number of unbranched alkanes of at least 4 members (excludes halogenated alkanes) is 6. The van der Waals surface area contributed by atoms with Crippen molar-refractivity contribution in [3.8, 4) is 0 Å². The van der Waals surface area contributed by atoms with E-state index in [4.69, 9.17) is 0 Å². The number of aromatic amines is 1. The lowest BCUT2D eigenvalue weighted by Crippen LogP contribution is -2.05. The zero-order valence-electron chi connectivity index (χ0n) is 10.7. The summed E-state index contributed by atoms with van der Waals surface area (Å²) in [7, 11) is 0. The third-order valence-electron chi connectivity index (χ3n) is 2.66. The van der Waals surface area contributed by atoms with E-state index in [-0.39, 0.29) is 5.56 Å². The van der Waals surface area contributed by atoms with Crippen LogP contribution >= 0.6 is 27.7 Å². The second-order valence-corrected chi connectivity index (χ2v) is 6.13. The van der Waals surface area contributed by atoms with Gasteiger partial charge in [-0.15, -0.1) is 0 Å². The summed E-state index contributed by atoms with van der Waals surface area (Å²) in [5, 5.41) is 1.87. The van der Waals surface area contributed by atoms with Gasteiger partial charge in [0.15, 0.2) is 5.16 Å². The number of H-pyrrole nitrogens is 1. The third-order valence-corrected chi connectivity index (χ3v) is 4.20. The summed E-state index contributed by atoms with van der Waals surface area (Å²) in [5.74, 6) is 1.04. The molecule has 0 aliphatic heterocycles. The van der Waals surface area contributed by atoms with Crippen LogP contribution < -0.4 is 5.56 Å². The first-order valence-electron chi connectivity index (χ1n) is 6.57. The van der Waals surface area contributed by atoms with Crippen LogP contribution in [0.4, 0.5) is 0 Å². The van der Waals surface area contributed by atoms with E-state index >= 15 is 0 Å². The topological polar surface area (TPSA) is 45.8 Å². The molecular weight excluding hydrogens is 312 g/mol. The van der Waals surface area contributed by atoms with Gasteiger partial charge in [-0.05, 0) is 12.8 Å². The smallest absolute Gasteiger partial charge is 0.251 e. The highest BCUT2D eigenvalue weighted by molar-refractivity contribution is 9.09. The third kappa shape index (κ3) is 7.93. The normalized spacial score (nSPS) is 10.7. The molecule has 0 saturated carbocycles. The van der Waals surface area contributed by atoms with Gasteiger partial charge in [0.25, 0.3) is 5.56 Å². The predicted molar refractivity (Wildman–Crippen MR) is 81.7 cm³/mol. The molecule has 3 nitrogen and oxygen atoms in total. The second-order valence-electron chi connectivity index (χ2n) is 4.25. The fraction of sp³-hybridized carbons (Fsp3) is 0.692. The summed E-state index contributed by atoms with van der Waals surface area (Å²) in [4.78, 5) is 17.9. The molecule has 0 aliphatic rings. The minimum Gasteiger partial charge on any atom is -0.301 e. The zero-order chi connectivity index (χ0) is 13.1. The van der Waals surface area contributed by atoms with Crippen LogP contribution in [0.2, 0.25) is 0 Å². The maximum atomic E-state index is 11.0. The van der Waals surface area contributed by atoms with Gasteiger partial charge in [0.05, 0.1) is 0 Å². The summed E-state index contributed by atoms with van der Waals surface area (Å²) in [5.41, 5.74) is -0.0701. The highest BCUT2D eigenvalue weighted by Gasteiger charge is 1.96. The second kappa shape index (κ2) is 10.6. The average molecular weight is 333 g/mol. The quantitative estimate of drug-likeness (QED) is 0.305. The molecule has 1 aromatic rings. The molecule has 0 aromatic carbocycles. The Morgan fingerprint density at radius 2 is 1.78 bits per heavy atom. The van der Waals surface area contributed by atoms with Crippen molar-refractivity contribution in [3.63, 3.8) is 0 Å². The van der Waals surface area contributed by atoms with E-state index in [9.17, 15) is 4.79 Å². The molecule has 0 bridgehead atoms. The molecule has 5 heteroatoms. The highest BCUT2D eigenvalue weighted by atomic mass is 79.9. The first kappa shape index (κ1) is 15.8. The zero-order valence-corrected chi connectivity index (χ0v) is 13.1. The summed E-state index contributed by atoms with van der Waals surface area (Å²) in [6, 6.07) is 1.44. The fourth-order valence-corrected chi connectivity index (χ4v) is 2.92. The molecule has 0 aliphatic carbocycles. The van der Waals surface area contributed by atoms with Gasteiger partial charge in [0.2, 0.25) is 0 Å². The highest BCUT2D eigenvalue weighted by Crippen LogP contribution is 2.14. The Bertz CT molecular complexity index is 370. The van der Waals surface area contributed by atoms with Gasteiger partial charge in [-0.1, -0.05) is 59.8 Å². The Balaban J connectivity index is 1.94. The number of aromatic nitrogens is 2. The van der Waals surface area contributed by atoms with Crippen molar-refractivity contribution in [1.29, 1.82) is 0 Å². The van der Waals surface area contributed by atoms with Crippen LogP contribution in [0.1, 0.15) is 44.9 Å². The molecule has 18 heavy (non-hydrogen) atoms. The van der Waals surface area contributed by atoms with E-state index in [1.807, 2.05) is 0 Å². The standard InChI is InChI=1S/C13H21BrN2OS/c14-9-6-4-2-1-3-5-7-11-18-13-15-10-8-12(17)16-13/h8,10H,1-7,9,11H2,(H,15,16,17). The fourth-order valence-electron chi connectivity index (χ4n) is 1.67. The number of nitrogens with one attached hydrogen (secondary N) is 1. The SMILES string of the molecule is O=c1ccnc(SCCCCCCCCCBr)[nH]1. The van der Waals surface area contributed by atoms with E-state index in [0.717, 1.165) is 16.2 Å². The Labute approximate surface area is 121 Å². The number of thioether (sulfide) groups is 1. The molecule has 0 spiro atoms. The van der Waals surface area contributed by atoms with E-state index in [1.54, 1.807) is 18.0 Å². The van der Waals surface area contributed by atoms with Crippen molar-refractivity contribution < 1.29 is 0 Å². The van der Waals surface area contributed by atoms with Crippen LogP contribution in [0.5, 0.6) is 0 Å². The molecule has 1 N–H and O–H groups in total. The molecule has 102 valence electrons. The molecule has 0 amide bonds. The maximum absolute atomic E-state index is 11.0. The number of halogens is 1. The first-order valence-corrected chi connectivity index (χ1v) is 8.68. The molecule has 0 radical (unpaired) electrons. The van der Waals surface area contributed by atoms with E-state index in [1.165, 1.54) is 51.0 Å². The van der Waals surface area contributed by atoms with Gasteiger partial charge < -0.3 is 4.98 Å². The Hall–Kier alpha value is -0.290. The monoisotopic (exact) mass is 332 g/mol. The minimum absolute atomic E-state index is 0.0701.